The lowest BCUT2D eigenvalue weighted by atomic mass is 10.3. The second-order valence-electron chi connectivity index (χ2n) is 5.46. The summed E-state index contributed by atoms with van der Waals surface area (Å²) in [6.45, 7) is 2.38. The molecule has 2 fully saturated rings. The van der Waals surface area contributed by atoms with Crippen LogP contribution in [-0.2, 0) is 11.3 Å². The highest BCUT2D eigenvalue weighted by Crippen LogP contribution is 2.29. The summed E-state index contributed by atoms with van der Waals surface area (Å²) in [5.74, 6) is 0.964. The van der Waals surface area contributed by atoms with Gasteiger partial charge >= 0.3 is 0 Å². The highest BCUT2D eigenvalue weighted by atomic mass is 32.1. The standard InChI is InChI=1S/C14H20N2OS/c17-14(15-8-11-3-4-11)10-16(12-5-6-12)9-13-2-1-7-18-13/h1-2,7,11-12H,3-6,8-10H2,(H,15,17). The molecule has 4 heteroatoms. The van der Waals surface area contributed by atoms with E-state index in [2.05, 4.69) is 27.7 Å². The Morgan fingerprint density at radius 2 is 2.22 bits per heavy atom. The van der Waals surface area contributed by atoms with Crippen molar-refractivity contribution in [1.82, 2.24) is 10.2 Å². The van der Waals surface area contributed by atoms with Crippen LogP contribution in [0, 0.1) is 5.92 Å². The minimum Gasteiger partial charge on any atom is -0.355 e. The normalized spacial score (nSPS) is 19.2. The van der Waals surface area contributed by atoms with Gasteiger partial charge in [0, 0.05) is 24.0 Å². The molecule has 1 N–H and O–H groups in total. The third kappa shape index (κ3) is 3.56. The first kappa shape index (κ1) is 12.2. The molecule has 0 aliphatic heterocycles. The molecule has 1 amide bonds. The molecule has 0 aromatic carbocycles. The molecule has 0 radical (unpaired) electrons. The Hall–Kier alpha value is -0.870. The number of hydrogen-bond donors (Lipinski definition) is 1. The Balaban J connectivity index is 1.48. The van der Waals surface area contributed by atoms with Crippen LogP contribution in [0.3, 0.4) is 0 Å². The van der Waals surface area contributed by atoms with Crippen molar-refractivity contribution in [3.8, 4) is 0 Å². The van der Waals surface area contributed by atoms with Crippen LogP contribution in [0.25, 0.3) is 0 Å². The quantitative estimate of drug-likeness (QED) is 0.819. The van der Waals surface area contributed by atoms with E-state index < -0.39 is 0 Å². The van der Waals surface area contributed by atoms with Gasteiger partial charge in [0.1, 0.15) is 0 Å². The molecule has 0 bridgehead atoms. The van der Waals surface area contributed by atoms with E-state index in [4.69, 9.17) is 0 Å². The van der Waals surface area contributed by atoms with Gasteiger partial charge in [-0.15, -0.1) is 11.3 Å². The third-order valence-electron chi connectivity index (χ3n) is 3.63. The summed E-state index contributed by atoms with van der Waals surface area (Å²) in [7, 11) is 0. The van der Waals surface area contributed by atoms with Crippen LogP contribution in [0.1, 0.15) is 30.6 Å². The molecule has 3 nitrogen and oxygen atoms in total. The Morgan fingerprint density at radius 1 is 1.39 bits per heavy atom. The lowest BCUT2D eigenvalue weighted by Crippen LogP contribution is -2.38. The number of carbonyl (C=O) groups is 1. The maximum absolute atomic E-state index is 11.9. The lowest BCUT2D eigenvalue weighted by Gasteiger charge is -2.20. The van der Waals surface area contributed by atoms with Crippen LogP contribution in [-0.4, -0.2) is 29.9 Å². The van der Waals surface area contributed by atoms with E-state index >= 15 is 0 Å². The molecule has 2 aliphatic carbocycles. The topological polar surface area (TPSA) is 32.3 Å². The smallest absolute Gasteiger partial charge is 0.234 e. The molecule has 98 valence electrons. The fourth-order valence-electron chi connectivity index (χ4n) is 2.18. The summed E-state index contributed by atoms with van der Waals surface area (Å²) >= 11 is 1.78. The molecule has 0 saturated heterocycles. The summed E-state index contributed by atoms with van der Waals surface area (Å²) in [4.78, 5) is 15.6. The molecule has 1 aromatic heterocycles. The zero-order chi connectivity index (χ0) is 12.4. The van der Waals surface area contributed by atoms with Crippen LogP contribution in [0.15, 0.2) is 17.5 Å². The molecule has 2 saturated carbocycles. The van der Waals surface area contributed by atoms with Crippen molar-refractivity contribution in [1.29, 1.82) is 0 Å². The Labute approximate surface area is 112 Å². The number of nitrogens with zero attached hydrogens (tertiary/aromatic N) is 1. The van der Waals surface area contributed by atoms with E-state index in [-0.39, 0.29) is 5.91 Å². The summed E-state index contributed by atoms with van der Waals surface area (Å²) in [5, 5.41) is 5.16. The van der Waals surface area contributed by atoms with Crippen molar-refractivity contribution in [3.05, 3.63) is 22.4 Å². The number of nitrogens with one attached hydrogen (secondary N) is 1. The molecular weight excluding hydrogens is 244 g/mol. The largest absolute Gasteiger partial charge is 0.355 e. The third-order valence-corrected chi connectivity index (χ3v) is 4.49. The fourth-order valence-corrected chi connectivity index (χ4v) is 2.91. The highest BCUT2D eigenvalue weighted by Gasteiger charge is 2.30. The lowest BCUT2D eigenvalue weighted by molar-refractivity contribution is -0.122. The van der Waals surface area contributed by atoms with Crippen LogP contribution in [0.5, 0.6) is 0 Å². The second kappa shape index (κ2) is 5.41. The second-order valence-corrected chi connectivity index (χ2v) is 6.50. The summed E-state index contributed by atoms with van der Waals surface area (Å²) < 4.78 is 0. The Kier molecular flexibility index (Phi) is 3.66. The summed E-state index contributed by atoms with van der Waals surface area (Å²) in [6.07, 6.45) is 5.09. The monoisotopic (exact) mass is 264 g/mol. The predicted molar refractivity (Wildman–Crippen MR) is 73.5 cm³/mol. The van der Waals surface area contributed by atoms with Gasteiger partial charge in [0.05, 0.1) is 6.54 Å². The van der Waals surface area contributed by atoms with Gasteiger partial charge in [-0.25, -0.2) is 0 Å². The predicted octanol–water partition coefficient (Wildman–Crippen LogP) is 2.24. The van der Waals surface area contributed by atoms with Crippen LogP contribution < -0.4 is 5.32 Å². The highest BCUT2D eigenvalue weighted by molar-refractivity contribution is 7.09. The van der Waals surface area contributed by atoms with Crippen molar-refractivity contribution in [2.75, 3.05) is 13.1 Å². The van der Waals surface area contributed by atoms with Gasteiger partial charge in [-0.05, 0) is 43.0 Å². The number of thiophene rings is 1. The number of carbonyl (C=O) groups excluding carboxylic acids is 1. The molecule has 0 spiro atoms. The van der Waals surface area contributed by atoms with E-state index in [0.717, 1.165) is 19.0 Å². The van der Waals surface area contributed by atoms with Crippen molar-refractivity contribution in [3.63, 3.8) is 0 Å². The van der Waals surface area contributed by atoms with E-state index in [0.29, 0.717) is 12.6 Å². The zero-order valence-corrected chi connectivity index (χ0v) is 11.4. The first-order valence-corrected chi connectivity index (χ1v) is 7.72. The SMILES string of the molecule is O=C(CN(Cc1cccs1)C1CC1)NCC1CC1. The van der Waals surface area contributed by atoms with Crippen LogP contribution in [0.4, 0.5) is 0 Å². The number of amides is 1. The van der Waals surface area contributed by atoms with Gasteiger partial charge < -0.3 is 5.32 Å². The van der Waals surface area contributed by atoms with Crippen molar-refractivity contribution >= 4 is 17.2 Å². The van der Waals surface area contributed by atoms with Crippen molar-refractivity contribution < 1.29 is 4.79 Å². The van der Waals surface area contributed by atoms with Crippen LogP contribution >= 0.6 is 11.3 Å². The van der Waals surface area contributed by atoms with E-state index in [1.54, 1.807) is 11.3 Å². The maximum Gasteiger partial charge on any atom is 0.234 e. The molecule has 1 heterocycles. The molecule has 3 rings (SSSR count). The maximum atomic E-state index is 11.9. The molecule has 18 heavy (non-hydrogen) atoms. The van der Waals surface area contributed by atoms with Crippen LogP contribution in [0.2, 0.25) is 0 Å². The average Bonchev–Trinajstić information content (AvgIpc) is 3.27. The summed E-state index contributed by atoms with van der Waals surface area (Å²) in [6, 6.07) is 4.87. The minimum absolute atomic E-state index is 0.199. The number of hydrogen-bond acceptors (Lipinski definition) is 3. The van der Waals surface area contributed by atoms with Gasteiger partial charge in [-0.2, -0.15) is 0 Å². The summed E-state index contributed by atoms with van der Waals surface area (Å²) in [5.41, 5.74) is 0. The van der Waals surface area contributed by atoms with Gasteiger partial charge in [0.2, 0.25) is 5.91 Å². The average molecular weight is 264 g/mol. The van der Waals surface area contributed by atoms with E-state index in [1.807, 2.05) is 0 Å². The van der Waals surface area contributed by atoms with Gasteiger partial charge in [-0.3, -0.25) is 9.69 Å². The molecular formula is C14H20N2OS. The van der Waals surface area contributed by atoms with E-state index in [1.165, 1.54) is 30.6 Å². The molecule has 0 atom stereocenters. The minimum atomic E-state index is 0.199. The fraction of sp³-hybridized carbons (Fsp3) is 0.643. The first-order valence-electron chi connectivity index (χ1n) is 6.84. The zero-order valence-electron chi connectivity index (χ0n) is 10.6. The van der Waals surface area contributed by atoms with Crippen molar-refractivity contribution in [2.45, 2.75) is 38.3 Å². The number of rotatable bonds is 7. The van der Waals surface area contributed by atoms with Gasteiger partial charge in [0.15, 0.2) is 0 Å². The Morgan fingerprint density at radius 3 is 2.83 bits per heavy atom. The Bertz CT molecular complexity index is 396. The molecule has 2 aliphatic rings. The first-order chi connectivity index (χ1) is 8.81. The van der Waals surface area contributed by atoms with Crippen molar-refractivity contribution in [2.24, 2.45) is 5.92 Å². The van der Waals surface area contributed by atoms with Gasteiger partial charge in [-0.1, -0.05) is 6.07 Å². The molecule has 0 unspecified atom stereocenters. The molecule has 1 aromatic rings. The van der Waals surface area contributed by atoms with Gasteiger partial charge in [0.25, 0.3) is 0 Å². The van der Waals surface area contributed by atoms with E-state index in [9.17, 15) is 4.79 Å².